The molecule has 0 amide bonds. The summed E-state index contributed by atoms with van der Waals surface area (Å²) in [6.45, 7) is 0.542. The van der Waals surface area contributed by atoms with Crippen molar-refractivity contribution in [2.75, 3.05) is 18.5 Å². The fraction of sp³-hybridized carbons (Fsp3) is 0.171. The number of ketones is 1. The topological polar surface area (TPSA) is 164 Å². The van der Waals surface area contributed by atoms with Gasteiger partial charge in [-0.1, -0.05) is 54.6 Å². The van der Waals surface area contributed by atoms with Gasteiger partial charge in [0.2, 0.25) is 0 Å². The molecule has 230 valence electrons. The van der Waals surface area contributed by atoms with Crippen molar-refractivity contribution in [2.24, 2.45) is 5.73 Å². The van der Waals surface area contributed by atoms with Crippen LogP contribution >= 0.6 is 0 Å². The Morgan fingerprint density at radius 2 is 1.44 bits per heavy atom. The van der Waals surface area contributed by atoms with E-state index in [4.69, 9.17) is 20.3 Å². The molecule has 0 saturated heterocycles. The molecule has 6 N–H and O–H groups in total. The molecule has 0 saturated carbocycles. The molecule has 0 bridgehead atoms. The van der Waals surface area contributed by atoms with E-state index in [1.54, 1.807) is 79.0 Å². The van der Waals surface area contributed by atoms with Crippen molar-refractivity contribution in [1.82, 2.24) is 4.98 Å². The maximum absolute atomic E-state index is 13.1. The number of aromatic amines is 1. The van der Waals surface area contributed by atoms with E-state index in [2.05, 4.69) is 10.3 Å². The van der Waals surface area contributed by atoms with E-state index >= 15 is 0 Å². The zero-order chi connectivity index (χ0) is 31.8. The maximum Gasteiger partial charge on any atom is 0.326 e. The molecule has 0 aliphatic heterocycles. The van der Waals surface area contributed by atoms with E-state index < -0.39 is 24.0 Å². The SMILES string of the molecule is N[C@@H](Cc1c[nH]c2ccc(OCCOc3ccc(CC(Nc4ccccc4C(=O)c4ccccc4)C(=O)O)cc3)cc12)C(=O)O. The fourth-order valence-corrected chi connectivity index (χ4v) is 4.96. The molecule has 0 spiro atoms. The highest BCUT2D eigenvalue weighted by Crippen LogP contribution is 2.25. The monoisotopic (exact) mass is 607 g/mol. The number of H-pyrrole nitrogens is 1. The van der Waals surface area contributed by atoms with Gasteiger partial charge >= 0.3 is 11.9 Å². The number of rotatable bonds is 15. The lowest BCUT2D eigenvalue weighted by atomic mass is 10.00. The molecule has 0 radical (unpaired) electrons. The maximum atomic E-state index is 13.1. The molecule has 0 fully saturated rings. The van der Waals surface area contributed by atoms with Gasteiger partial charge in [-0.3, -0.25) is 9.59 Å². The number of hydrogen-bond donors (Lipinski definition) is 5. The number of carboxylic acids is 2. The van der Waals surface area contributed by atoms with Crippen molar-refractivity contribution in [3.05, 3.63) is 126 Å². The number of nitrogens with one attached hydrogen (secondary N) is 2. The first kappa shape index (κ1) is 30.8. The van der Waals surface area contributed by atoms with Crippen LogP contribution in [0.5, 0.6) is 11.5 Å². The number of ether oxygens (including phenoxy) is 2. The van der Waals surface area contributed by atoms with E-state index in [1.807, 2.05) is 24.3 Å². The van der Waals surface area contributed by atoms with E-state index in [9.17, 15) is 19.5 Å². The van der Waals surface area contributed by atoms with Crippen LogP contribution < -0.4 is 20.5 Å². The summed E-state index contributed by atoms with van der Waals surface area (Å²) in [4.78, 5) is 39.5. The normalized spacial score (nSPS) is 12.3. The van der Waals surface area contributed by atoms with Crippen LogP contribution in [0, 0.1) is 0 Å². The number of benzene rings is 4. The average Bonchev–Trinajstić information content (AvgIpc) is 3.45. The number of fused-ring (bicyclic) bond motifs is 1. The number of carboxylic acid groups (broad SMARTS) is 2. The molecule has 1 heterocycles. The van der Waals surface area contributed by atoms with Gasteiger partial charge in [-0.25, -0.2) is 4.79 Å². The molecule has 4 aromatic carbocycles. The largest absolute Gasteiger partial charge is 0.490 e. The zero-order valence-corrected chi connectivity index (χ0v) is 24.3. The van der Waals surface area contributed by atoms with Gasteiger partial charge < -0.3 is 35.7 Å². The van der Waals surface area contributed by atoms with Crippen molar-refractivity contribution in [2.45, 2.75) is 24.9 Å². The Kier molecular flexibility index (Phi) is 9.76. The Hall–Kier alpha value is -5.61. The molecule has 2 atom stereocenters. The number of carbonyl (C=O) groups excluding carboxylic acids is 1. The molecule has 0 aliphatic carbocycles. The fourth-order valence-electron chi connectivity index (χ4n) is 4.96. The van der Waals surface area contributed by atoms with Crippen LogP contribution in [0.2, 0.25) is 0 Å². The third kappa shape index (κ3) is 7.87. The number of hydrogen-bond acceptors (Lipinski definition) is 7. The highest BCUT2D eigenvalue weighted by Gasteiger charge is 2.21. The number of aliphatic carboxylic acids is 2. The minimum atomic E-state index is -1.06. The van der Waals surface area contributed by atoms with Gasteiger partial charge in [-0.05, 0) is 53.6 Å². The number of nitrogens with two attached hydrogens (primary N) is 1. The second-order valence-electron chi connectivity index (χ2n) is 10.5. The first-order valence-corrected chi connectivity index (χ1v) is 14.4. The molecule has 5 rings (SSSR count). The zero-order valence-electron chi connectivity index (χ0n) is 24.3. The summed E-state index contributed by atoms with van der Waals surface area (Å²) in [5.74, 6) is -1.07. The minimum absolute atomic E-state index is 0.188. The van der Waals surface area contributed by atoms with Gasteiger partial charge in [0.25, 0.3) is 0 Å². The van der Waals surface area contributed by atoms with E-state index in [1.165, 1.54) is 0 Å². The predicted octanol–water partition coefficient (Wildman–Crippen LogP) is 4.92. The molecule has 0 aliphatic rings. The molecule has 5 aromatic rings. The lowest BCUT2D eigenvalue weighted by Gasteiger charge is -2.18. The molecular weight excluding hydrogens is 574 g/mol. The molecule has 10 heteroatoms. The number of anilines is 1. The summed E-state index contributed by atoms with van der Waals surface area (Å²) in [6, 6.07) is 26.4. The number of aromatic nitrogens is 1. The van der Waals surface area contributed by atoms with Gasteiger partial charge in [-0.2, -0.15) is 0 Å². The highest BCUT2D eigenvalue weighted by molar-refractivity contribution is 6.12. The van der Waals surface area contributed by atoms with Crippen LogP contribution in [0.4, 0.5) is 5.69 Å². The Balaban J connectivity index is 1.15. The first-order chi connectivity index (χ1) is 21.8. The van der Waals surface area contributed by atoms with Crippen LogP contribution in [0.15, 0.2) is 103 Å². The first-order valence-electron chi connectivity index (χ1n) is 14.4. The van der Waals surface area contributed by atoms with Crippen molar-refractivity contribution in [1.29, 1.82) is 0 Å². The number of carbonyl (C=O) groups is 3. The minimum Gasteiger partial charge on any atom is -0.490 e. The quantitative estimate of drug-likeness (QED) is 0.0821. The molecule has 10 nitrogen and oxygen atoms in total. The van der Waals surface area contributed by atoms with Crippen LogP contribution in [0.25, 0.3) is 10.9 Å². The summed E-state index contributed by atoms with van der Waals surface area (Å²) in [7, 11) is 0. The van der Waals surface area contributed by atoms with Gasteiger partial charge in [0.15, 0.2) is 5.78 Å². The second kappa shape index (κ2) is 14.2. The van der Waals surface area contributed by atoms with Crippen LogP contribution in [-0.4, -0.2) is 58.2 Å². The van der Waals surface area contributed by atoms with E-state index in [-0.39, 0.29) is 31.8 Å². The number of para-hydroxylation sites is 1. The smallest absolute Gasteiger partial charge is 0.326 e. The van der Waals surface area contributed by atoms with Gasteiger partial charge in [0, 0.05) is 46.8 Å². The average molecular weight is 608 g/mol. The van der Waals surface area contributed by atoms with Crippen LogP contribution in [-0.2, 0) is 22.4 Å². The van der Waals surface area contributed by atoms with E-state index in [0.717, 1.165) is 22.0 Å². The summed E-state index contributed by atoms with van der Waals surface area (Å²) in [5, 5.41) is 23.0. The Labute approximate surface area is 259 Å². The third-order valence-corrected chi connectivity index (χ3v) is 7.32. The van der Waals surface area contributed by atoms with Gasteiger partial charge in [0.05, 0.1) is 0 Å². The standard InChI is InChI=1S/C35H33N3O7/c36-29(34(40)41)19-24-21-37-30-15-14-26(20-28(24)30)45-17-16-44-25-12-10-22(11-13-25)18-32(35(42)43)38-31-9-5-4-8-27(31)33(39)23-6-2-1-3-7-23/h1-15,20-21,29,32,37-38H,16-19,36H2,(H,40,41)(H,42,43)/t29-,32?/m0/s1. The lowest BCUT2D eigenvalue weighted by molar-refractivity contribution is -0.139. The van der Waals surface area contributed by atoms with Crippen molar-refractivity contribution in [3.8, 4) is 11.5 Å². The lowest BCUT2D eigenvalue weighted by Crippen LogP contribution is -2.32. The Morgan fingerprint density at radius 1 is 0.778 bits per heavy atom. The predicted molar refractivity (Wildman–Crippen MR) is 170 cm³/mol. The molecular formula is C35H33N3O7. The third-order valence-electron chi connectivity index (χ3n) is 7.32. The molecule has 45 heavy (non-hydrogen) atoms. The Morgan fingerprint density at radius 3 is 2.16 bits per heavy atom. The Bertz CT molecular complexity index is 1780. The summed E-state index contributed by atoms with van der Waals surface area (Å²) < 4.78 is 11.7. The van der Waals surface area contributed by atoms with Gasteiger partial charge in [0.1, 0.15) is 36.8 Å². The summed E-state index contributed by atoms with van der Waals surface area (Å²) in [6.07, 6.45) is 2.14. The highest BCUT2D eigenvalue weighted by atomic mass is 16.5. The van der Waals surface area contributed by atoms with Crippen molar-refractivity contribution in [3.63, 3.8) is 0 Å². The summed E-state index contributed by atoms with van der Waals surface area (Å²) in [5.41, 5.74) is 9.51. The van der Waals surface area contributed by atoms with Crippen molar-refractivity contribution < 1.29 is 34.1 Å². The van der Waals surface area contributed by atoms with Crippen molar-refractivity contribution >= 4 is 34.3 Å². The summed E-state index contributed by atoms with van der Waals surface area (Å²) >= 11 is 0. The van der Waals surface area contributed by atoms with Crippen LogP contribution in [0.1, 0.15) is 27.0 Å². The van der Waals surface area contributed by atoms with Gasteiger partial charge in [-0.15, -0.1) is 0 Å². The molecule has 1 aromatic heterocycles. The van der Waals surface area contributed by atoms with Crippen LogP contribution in [0.3, 0.4) is 0 Å². The van der Waals surface area contributed by atoms with E-state index in [0.29, 0.717) is 28.3 Å². The molecule has 1 unspecified atom stereocenters. The second-order valence-corrected chi connectivity index (χ2v) is 10.5.